The zero-order chi connectivity index (χ0) is 15.8. The number of nitrogens with zero attached hydrogens (tertiary/aromatic N) is 1. The molecule has 0 aliphatic carbocycles. The Hall–Kier alpha value is -0.920. The molecule has 0 radical (unpaired) electrons. The number of halogens is 1. The number of aliphatic carboxylic acids is 1. The second kappa shape index (κ2) is 5.70. The molecular weight excluding hydrogens is 358 g/mol. The molecule has 116 valence electrons. The lowest BCUT2D eigenvalue weighted by molar-refractivity contribution is -0.150. The lowest BCUT2D eigenvalue weighted by atomic mass is 9.77. The van der Waals surface area contributed by atoms with Crippen LogP contribution in [0.25, 0.3) is 0 Å². The van der Waals surface area contributed by atoms with Gasteiger partial charge in [-0.15, -0.1) is 0 Å². The van der Waals surface area contributed by atoms with E-state index in [0.29, 0.717) is 6.42 Å². The molecule has 5 nitrogen and oxygen atoms in total. The highest BCUT2D eigenvalue weighted by Crippen LogP contribution is 2.40. The van der Waals surface area contributed by atoms with Gasteiger partial charge >= 0.3 is 5.97 Å². The van der Waals surface area contributed by atoms with E-state index in [9.17, 15) is 18.3 Å². The summed E-state index contributed by atoms with van der Waals surface area (Å²) in [5.74, 6) is -1.05. The predicted octanol–water partition coefficient (Wildman–Crippen LogP) is 2.57. The van der Waals surface area contributed by atoms with Crippen LogP contribution < -0.4 is 0 Å². The van der Waals surface area contributed by atoms with E-state index >= 15 is 0 Å². The Morgan fingerprint density at radius 1 is 1.33 bits per heavy atom. The fourth-order valence-corrected chi connectivity index (χ4v) is 4.43. The van der Waals surface area contributed by atoms with Crippen molar-refractivity contribution in [1.82, 2.24) is 4.31 Å². The Kier molecular flexibility index (Phi) is 4.46. The molecule has 7 heteroatoms. The van der Waals surface area contributed by atoms with Gasteiger partial charge in [-0.25, -0.2) is 8.42 Å². The molecule has 1 heterocycles. The van der Waals surface area contributed by atoms with E-state index in [4.69, 9.17) is 0 Å². The van der Waals surface area contributed by atoms with Crippen molar-refractivity contribution in [3.05, 3.63) is 28.7 Å². The molecule has 0 spiro atoms. The molecular formula is C14H18BrNO4S. The summed E-state index contributed by atoms with van der Waals surface area (Å²) in [5.41, 5.74) is -0.998. The Balaban J connectivity index is 2.32. The molecule has 1 N–H and O–H groups in total. The van der Waals surface area contributed by atoms with E-state index in [-0.39, 0.29) is 23.9 Å². The minimum atomic E-state index is -3.64. The van der Waals surface area contributed by atoms with Crippen molar-refractivity contribution >= 4 is 31.9 Å². The summed E-state index contributed by atoms with van der Waals surface area (Å²) in [6.07, 6.45) is 0.343. The van der Waals surface area contributed by atoms with Crippen LogP contribution in [0.15, 0.2) is 33.6 Å². The largest absolute Gasteiger partial charge is 0.481 e. The lowest BCUT2D eigenvalue weighted by Gasteiger charge is -2.28. The fourth-order valence-electron chi connectivity index (χ4n) is 2.65. The summed E-state index contributed by atoms with van der Waals surface area (Å²) < 4.78 is 27.3. The normalized spacial score (nSPS) is 23.6. The van der Waals surface area contributed by atoms with Crippen LogP contribution in [0.2, 0.25) is 0 Å². The first kappa shape index (κ1) is 16.5. The summed E-state index contributed by atoms with van der Waals surface area (Å²) in [6, 6.07) is 6.37. The topological polar surface area (TPSA) is 74.7 Å². The highest BCUT2D eigenvalue weighted by atomic mass is 79.9. The molecule has 1 saturated heterocycles. The van der Waals surface area contributed by atoms with Gasteiger partial charge in [-0.1, -0.05) is 29.8 Å². The summed E-state index contributed by atoms with van der Waals surface area (Å²) in [7, 11) is -3.64. The lowest BCUT2D eigenvalue weighted by Crippen LogP contribution is -2.40. The van der Waals surface area contributed by atoms with Crippen molar-refractivity contribution in [2.45, 2.75) is 25.2 Å². The first-order valence-electron chi connectivity index (χ1n) is 6.69. The van der Waals surface area contributed by atoms with E-state index < -0.39 is 21.4 Å². The van der Waals surface area contributed by atoms with Crippen LogP contribution in [0.4, 0.5) is 0 Å². The van der Waals surface area contributed by atoms with E-state index in [1.165, 1.54) is 16.4 Å². The molecule has 21 heavy (non-hydrogen) atoms. The average Bonchev–Trinajstić information content (AvgIpc) is 2.86. The molecule has 0 aromatic heterocycles. The molecule has 1 atom stereocenters. The number of hydrogen-bond acceptors (Lipinski definition) is 3. The Morgan fingerprint density at radius 2 is 1.90 bits per heavy atom. The third-order valence-corrected chi connectivity index (χ3v) is 6.64. The number of hydrogen-bond donors (Lipinski definition) is 1. The number of benzene rings is 1. The Bertz CT molecular complexity index is 641. The van der Waals surface area contributed by atoms with Gasteiger partial charge in [0.2, 0.25) is 10.0 Å². The van der Waals surface area contributed by atoms with Crippen LogP contribution in [-0.4, -0.2) is 36.9 Å². The van der Waals surface area contributed by atoms with Crippen molar-refractivity contribution in [2.75, 3.05) is 13.1 Å². The number of sulfonamides is 1. The zero-order valence-corrected chi connectivity index (χ0v) is 14.3. The molecule has 1 unspecified atom stereocenters. The van der Waals surface area contributed by atoms with Gasteiger partial charge in [-0.05, 0) is 36.6 Å². The van der Waals surface area contributed by atoms with Crippen molar-refractivity contribution in [2.24, 2.45) is 11.3 Å². The van der Waals surface area contributed by atoms with Crippen LogP contribution in [0.3, 0.4) is 0 Å². The first-order valence-corrected chi connectivity index (χ1v) is 8.92. The standard InChI is InChI=1S/C14H18BrNO4S/c1-10(2)14(13(17)18)7-8-16(9-14)21(19,20)12-5-3-11(15)4-6-12/h3-6,10H,7-9H2,1-2H3,(H,17,18). The van der Waals surface area contributed by atoms with Gasteiger partial charge in [0.05, 0.1) is 10.3 Å². The summed E-state index contributed by atoms with van der Waals surface area (Å²) >= 11 is 3.27. The SMILES string of the molecule is CC(C)C1(C(=O)O)CCN(S(=O)(=O)c2ccc(Br)cc2)C1. The van der Waals surface area contributed by atoms with Crippen molar-refractivity contribution in [3.63, 3.8) is 0 Å². The van der Waals surface area contributed by atoms with E-state index in [1.54, 1.807) is 12.1 Å². The van der Waals surface area contributed by atoms with Gasteiger partial charge in [0.15, 0.2) is 0 Å². The Morgan fingerprint density at radius 3 is 2.33 bits per heavy atom. The third kappa shape index (κ3) is 2.86. The number of carbonyl (C=O) groups is 1. The minimum Gasteiger partial charge on any atom is -0.481 e. The van der Waals surface area contributed by atoms with Crippen LogP contribution in [0.1, 0.15) is 20.3 Å². The van der Waals surface area contributed by atoms with Gasteiger partial charge in [0.1, 0.15) is 0 Å². The molecule has 1 aromatic rings. The van der Waals surface area contributed by atoms with Gasteiger partial charge < -0.3 is 5.11 Å². The maximum atomic E-state index is 12.6. The highest BCUT2D eigenvalue weighted by molar-refractivity contribution is 9.10. The predicted molar refractivity (Wildman–Crippen MR) is 82.4 cm³/mol. The van der Waals surface area contributed by atoms with E-state index in [1.807, 2.05) is 13.8 Å². The molecule has 2 rings (SSSR count). The van der Waals surface area contributed by atoms with Gasteiger partial charge in [0, 0.05) is 17.6 Å². The maximum absolute atomic E-state index is 12.6. The second-order valence-corrected chi connectivity index (χ2v) is 8.51. The van der Waals surface area contributed by atoms with Crippen LogP contribution >= 0.6 is 15.9 Å². The van der Waals surface area contributed by atoms with Crippen LogP contribution in [0.5, 0.6) is 0 Å². The fraction of sp³-hybridized carbons (Fsp3) is 0.500. The van der Waals surface area contributed by atoms with E-state index in [0.717, 1.165) is 4.47 Å². The second-order valence-electron chi connectivity index (χ2n) is 5.66. The molecule has 1 aromatic carbocycles. The quantitative estimate of drug-likeness (QED) is 0.877. The minimum absolute atomic E-state index is 0.0262. The molecule has 0 bridgehead atoms. The molecule has 1 fully saturated rings. The Labute approximate surface area is 133 Å². The number of carboxylic acids is 1. The average molecular weight is 376 g/mol. The van der Waals surface area contributed by atoms with Gasteiger partial charge in [-0.2, -0.15) is 4.31 Å². The summed E-state index contributed by atoms with van der Waals surface area (Å²) in [5, 5.41) is 9.50. The number of carboxylic acid groups (broad SMARTS) is 1. The molecule has 0 amide bonds. The van der Waals surface area contributed by atoms with E-state index in [2.05, 4.69) is 15.9 Å². The zero-order valence-electron chi connectivity index (χ0n) is 11.9. The summed E-state index contributed by atoms with van der Waals surface area (Å²) in [6.45, 7) is 3.91. The smallest absolute Gasteiger partial charge is 0.311 e. The van der Waals surface area contributed by atoms with Crippen molar-refractivity contribution in [1.29, 1.82) is 0 Å². The molecule has 1 aliphatic rings. The van der Waals surface area contributed by atoms with Crippen LogP contribution in [0, 0.1) is 11.3 Å². The monoisotopic (exact) mass is 375 g/mol. The number of rotatable bonds is 4. The van der Waals surface area contributed by atoms with Crippen molar-refractivity contribution < 1.29 is 18.3 Å². The summed E-state index contributed by atoms with van der Waals surface area (Å²) in [4.78, 5) is 11.8. The molecule has 0 saturated carbocycles. The first-order chi connectivity index (χ1) is 9.70. The van der Waals surface area contributed by atoms with Gasteiger partial charge in [0.25, 0.3) is 0 Å². The van der Waals surface area contributed by atoms with Crippen LogP contribution in [-0.2, 0) is 14.8 Å². The third-order valence-electron chi connectivity index (χ3n) is 4.25. The highest BCUT2D eigenvalue weighted by Gasteiger charge is 2.50. The maximum Gasteiger partial charge on any atom is 0.311 e. The van der Waals surface area contributed by atoms with Crippen molar-refractivity contribution in [3.8, 4) is 0 Å². The van der Waals surface area contributed by atoms with Gasteiger partial charge in [-0.3, -0.25) is 4.79 Å². The molecule has 1 aliphatic heterocycles.